The van der Waals surface area contributed by atoms with Crippen molar-refractivity contribution < 1.29 is 22.7 Å². The van der Waals surface area contributed by atoms with Crippen LogP contribution >= 0.6 is 0 Å². The van der Waals surface area contributed by atoms with Gasteiger partial charge in [-0.2, -0.15) is 13.2 Å². The van der Waals surface area contributed by atoms with Crippen LogP contribution in [0.5, 0.6) is 0 Å². The third kappa shape index (κ3) is 3.86. The molecule has 2 rings (SSSR count). The lowest BCUT2D eigenvalue weighted by Gasteiger charge is -2.15. The van der Waals surface area contributed by atoms with Crippen LogP contribution < -0.4 is 10.6 Å². The molecule has 0 aliphatic carbocycles. The summed E-state index contributed by atoms with van der Waals surface area (Å²) >= 11 is 0. The van der Waals surface area contributed by atoms with Crippen molar-refractivity contribution in [2.45, 2.75) is 25.1 Å². The van der Waals surface area contributed by atoms with Gasteiger partial charge in [0.25, 0.3) is 0 Å². The topological polar surface area (TPSA) is 50.4 Å². The molecule has 0 saturated carbocycles. The maximum absolute atomic E-state index is 12.7. The van der Waals surface area contributed by atoms with Gasteiger partial charge in [-0.25, -0.2) is 4.79 Å². The van der Waals surface area contributed by atoms with Gasteiger partial charge in [-0.3, -0.25) is 5.32 Å². The van der Waals surface area contributed by atoms with Crippen LogP contribution in [0.2, 0.25) is 0 Å². The van der Waals surface area contributed by atoms with Gasteiger partial charge in [0.05, 0.1) is 11.3 Å². The number of para-hydroxylation sites is 1. The maximum atomic E-state index is 12.7. The second-order valence-electron chi connectivity index (χ2n) is 4.56. The van der Waals surface area contributed by atoms with Gasteiger partial charge >= 0.3 is 12.3 Å². The first-order valence-corrected chi connectivity index (χ1v) is 6.30. The highest BCUT2D eigenvalue weighted by Crippen LogP contribution is 2.34. The van der Waals surface area contributed by atoms with Crippen molar-refractivity contribution in [2.24, 2.45) is 0 Å². The molecule has 1 aliphatic rings. The Morgan fingerprint density at radius 1 is 1.40 bits per heavy atom. The maximum Gasteiger partial charge on any atom is 0.418 e. The SMILES string of the molecule is O=C(Nc1ccccc1C(F)(F)F)OCC1CCCN1. The number of benzene rings is 1. The van der Waals surface area contributed by atoms with E-state index in [2.05, 4.69) is 10.6 Å². The van der Waals surface area contributed by atoms with E-state index in [1.807, 2.05) is 0 Å². The fraction of sp³-hybridized carbons (Fsp3) is 0.462. The third-order valence-corrected chi connectivity index (χ3v) is 3.05. The monoisotopic (exact) mass is 288 g/mol. The molecule has 0 radical (unpaired) electrons. The smallest absolute Gasteiger partial charge is 0.418 e. The lowest BCUT2D eigenvalue weighted by molar-refractivity contribution is -0.136. The molecule has 1 saturated heterocycles. The van der Waals surface area contributed by atoms with Gasteiger partial charge in [0.1, 0.15) is 6.61 Å². The molecule has 110 valence electrons. The number of anilines is 1. The summed E-state index contributed by atoms with van der Waals surface area (Å²) in [7, 11) is 0. The van der Waals surface area contributed by atoms with Gasteiger partial charge in [0.15, 0.2) is 0 Å². The van der Waals surface area contributed by atoms with E-state index >= 15 is 0 Å². The molecule has 2 N–H and O–H groups in total. The second-order valence-corrected chi connectivity index (χ2v) is 4.56. The van der Waals surface area contributed by atoms with Crippen molar-refractivity contribution in [3.8, 4) is 0 Å². The molecule has 1 aromatic rings. The van der Waals surface area contributed by atoms with Crippen molar-refractivity contribution >= 4 is 11.8 Å². The number of amides is 1. The van der Waals surface area contributed by atoms with Crippen LogP contribution in [0.25, 0.3) is 0 Å². The zero-order valence-electron chi connectivity index (χ0n) is 10.7. The predicted octanol–water partition coefficient (Wildman–Crippen LogP) is 3.01. The molecule has 1 atom stereocenters. The number of carbonyl (C=O) groups is 1. The van der Waals surface area contributed by atoms with E-state index in [0.717, 1.165) is 25.5 Å². The Kier molecular flexibility index (Phi) is 4.49. The molecule has 1 unspecified atom stereocenters. The van der Waals surface area contributed by atoms with Gasteiger partial charge in [-0.05, 0) is 31.5 Å². The molecular weight excluding hydrogens is 273 g/mol. The average Bonchev–Trinajstić information content (AvgIpc) is 2.89. The van der Waals surface area contributed by atoms with Crippen LogP contribution in [0.4, 0.5) is 23.7 Å². The second kappa shape index (κ2) is 6.13. The van der Waals surface area contributed by atoms with E-state index in [1.165, 1.54) is 18.2 Å². The van der Waals surface area contributed by atoms with Crippen molar-refractivity contribution in [3.63, 3.8) is 0 Å². The van der Waals surface area contributed by atoms with Crippen LogP contribution in [0.15, 0.2) is 24.3 Å². The predicted molar refractivity (Wildman–Crippen MR) is 67.4 cm³/mol. The minimum absolute atomic E-state index is 0.0820. The number of hydrogen-bond donors (Lipinski definition) is 2. The summed E-state index contributed by atoms with van der Waals surface area (Å²) in [6, 6.07) is 4.87. The standard InChI is InChI=1S/C13H15F3N2O2/c14-13(15,16)10-5-1-2-6-11(10)18-12(19)20-8-9-4-3-7-17-9/h1-2,5-6,9,17H,3-4,7-8H2,(H,18,19). The number of rotatable bonds is 3. The van der Waals surface area contributed by atoms with Gasteiger partial charge < -0.3 is 10.1 Å². The van der Waals surface area contributed by atoms with Gasteiger partial charge in [-0.15, -0.1) is 0 Å². The van der Waals surface area contributed by atoms with Crippen LogP contribution in [0.3, 0.4) is 0 Å². The number of halogens is 3. The molecule has 0 spiro atoms. The molecule has 1 heterocycles. The van der Waals surface area contributed by atoms with Crippen molar-refractivity contribution in [3.05, 3.63) is 29.8 Å². The fourth-order valence-corrected chi connectivity index (χ4v) is 2.06. The van der Waals surface area contributed by atoms with Crippen molar-refractivity contribution in [1.29, 1.82) is 0 Å². The lowest BCUT2D eigenvalue weighted by atomic mass is 10.2. The van der Waals surface area contributed by atoms with E-state index in [4.69, 9.17) is 4.74 Å². The van der Waals surface area contributed by atoms with Crippen LogP contribution in [0.1, 0.15) is 18.4 Å². The molecular formula is C13H15F3N2O2. The summed E-state index contributed by atoms with van der Waals surface area (Å²) < 4.78 is 43.1. The highest BCUT2D eigenvalue weighted by atomic mass is 19.4. The Bertz CT molecular complexity index is 471. The first kappa shape index (κ1) is 14.6. The molecule has 7 heteroatoms. The van der Waals surface area contributed by atoms with Crippen molar-refractivity contribution in [2.75, 3.05) is 18.5 Å². The molecule has 1 fully saturated rings. The Balaban J connectivity index is 1.93. The molecule has 1 aromatic carbocycles. The number of alkyl halides is 3. The van der Waals surface area contributed by atoms with Gasteiger partial charge in [-0.1, -0.05) is 12.1 Å². The molecule has 1 amide bonds. The first-order chi connectivity index (χ1) is 9.47. The van der Waals surface area contributed by atoms with Gasteiger partial charge in [0, 0.05) is 6.04 Å². The third-order valence-electron chi connectivity index (χ3n) is 3.05. The highest BCUT2D eigenvalue weighted by Gasteiger charge is 2.33. The molecule has 0 aromatic heterocycles. The van der Waals surface area contributed by atoms with E-state index < -0.39 is 17.8 Å². The Morgan fingerprint density at radius 3 is 2.80 bits per heavy atom. The van der Waals surface area contributed by atoms with E-state index in [1.54, 1.807) is 0 Å². The van der Waals surface area contributed by atoms with Crippen molar-refractivity contribution in [1.82, 2.24) is 5.32 Å². The fourth-order valence-electron chi connectivity index (χ4n) is 2.06. The van der Waals surface area contributed by atoms with E-state index in [0.29, 0.717) is 0 Å². The van der Waals surface area contributed by atoms with Crippen LogP contribution in [0, 0.1) is 0 Å². The molecule has 4 nitrogen and oxygen atoms in total. The average molecular weight is 288 g/mol. The normalized spacial score (nSPS) is 18.9. The first-order valence-electron chi connectivity index (χ1n) is 6.30. The highest BCUT2D eigenvalue weighted by molar-refractivity contribution is 5.85. The molecule has 20 heavy (non-hydrogen) atoms. The van der Waals surface area contributed by atoms with Gasteiger partial charge in [0.2, 0.25) is 0 Å². The summed E-state index contributed by atoms with van der Waals surface area (Å²) in [6.07, 6.45) is -3.49. The summed E-state index contributed by atoms with van der Waals surface area (Å²) in [5.41, 5.74) is -1.19. The van der Waals surface area contributed by atoms with Crippen LogP contribution in [-0.2, 0) is 10.9 Å². The largest absolute Gasteiger partial charge is 0.448 e. The Morgan fingerprint density at radius 2 is 2.15 bits per heavy atom. The zero-order chi connectivity index (χ0) is 14.6. The number of nitrogens with one attached hydrogen (secondary N) is 2. The number of ether oxygens (including phenoxy) is 1. The molecule has 1 aliphatic heterocycles. The summed E-state index contributed by atoms with van der Waals surface area (Å²) in [6.45, 7) is 1.02. The Labute approximate surface area is 114 Å². The lowest BCUT2D eigenvalue weighted by Crippen LogP contribution is -2.29. The summed E-state index contributed by atoms with van der Waals surface area (Å²) in [5, 5.41) is 5.26. The van der Waals surface area contributed by atoms with E-state index in [9.17, 15) is 18.0 Å². The summed E-state index contributed by atoms with van der Waals surface area (Å²) in [5.74, 6) is 0. The minimum atomic E-state index is -4.52. The van der Waals surface area contributed by atoms with Crippen LogP contribution in [-0.4, -0.2) is 25.3 Å². The Hall–Kier alpha value is -1.76. The number of hydrogen-bond acceptors (Lipinski definition) is 3. The van der Waals surface area contributed by atoms with E-state index in [-0.39, 0.29) is 18.3 Å². The molecule has 0 bridgehead atoms. The summed E-state index contributed by atoms with van der Waals surface area (Å²) in [4.78, 5) is 11.5. The quantitative estimate of drug-likeness (QED) is 0.899. The minimum Gasteiger partial charge on any atom is -0.448 e. The zero-order valence-corrected chi connectivity index (χ0v) is 10.7. The number of carbonyl (C=O) groups excluding carboxylic acids is 1.